The molecular weight excluding hydrogens is 426 g/mol. The van der Waals surface area contributed by atoms with Crippen molar-refractivity contribution in [3.05, 3.63) is 60.0 Å². The van der Waals surface area contributed by atoms with Gasteiger partial charge < -0.3 is 15.2 Å². The molecule has 0 amide bonds. The van der Waals surface area contributed by atoms with Crippen LogP contribution in [0.5, 0.6) is 0 Å². The summed E-state index contributed by atoms with van der Waals surface area (Å²) < 4.78 is 24.0. The Hall–Kier alpha value is -3.21. The van der Waals surface area contributed by atoms with E-state index in [0.29, 0.717) is 28.2 Å². The van der Waals surface area contributed by atoms with Gasteiger partial charge in [-0.2, -0.15) is 4.98 Å². The molecule has 0 aliphatic carbocycles. The number of aryl methyl sites for hydroxylation is 1. The number of benzene rings is 2. The maximum absolute atomic E-state index is 11.5. The average Bonchev–Trinajstić information content (AvgIpc) is 3.10. The molecule has 0 saturated heterocycles. The Morgan fingerprint density at radius 3 is 2.77 bits per heavy atom. The summed E-state index contributed by atoms with van der Waals surface area (Å²) in [7, 11) is 3.44. The van der Waals surface area contributed by atoms with Crippen LogP contribution in [0.25, 0.3) is 11.0 Å². The van der Waals surface area contributed by atoms with Crippen LogP contribution in [0.15, 0.2) is 55.0 Å². The lowest BCUT2D eigenvalue weighted by Gasteiger charge is -2.19. The van der Waals surface area contributed by atoms with Crippen LogP contribution in [0, 0.1) is 0 Å². The smallest absolute Gasteiger partial charge is 0.261 e. The molecule has 2 heterocycles. The Kier molecular flexibility index (Phi) is 5.53. The molecule has 0 saturated carbocycles. The van der Waals surface area contributed by atoms with Crippen molar-refractivity contribution < 1.29 is 8.76 Å². The Balaban J connectivity index is 1.62. The molecule has 0 aliphatic heterocycles. The molecule has 30 heavy (non-hydrogen) atoms. The lowest BCUT2D eigenvalue weighted by Crippen LogP contribution is -2.20. The van der Waals surface area contributed by atoms with E-state index in [9.17, 15) is 8.76 Å². The Bertz CT molecular complexity index is 1250. The highest BCUT2D eigenvalue weighted by Crippen LogP contribution is 2.31. The summed E-state index contributed by atoms with van der Waals surface area (Å²) in [4.78, 5) is 13.0. The molecular formula is C19H18ClN7O2S. The topological polar surface area (TPSA) is 108 Å². The molecule has 0 aliphatic rings. The van der Waals surface area contributed by atoms with E-state index < -0.39 is 11.3 Å². The Morgan fingerprint density at radius 2 is 1.97 bits per heavy atom. The second-order valence-electron chi connectivity index (χ2n) is 6.44. The summed E-state index contributed by atoms with van der Waals surface area (Å²) >= 11 is 4.11. The fourth-order valence-corrected chi connectivity index (χ4v) is 3.38. The summed E-state index contributed by atoms with van der Waals surface area (Å²) in [6.45, 7) is 0. The summed E-state index contributed by atoms with van der Waals surface area (Å²) in [5.41, 5.74) is 3.76. The van der Waals surface area contributed by atoms with Crippen molar-refractivity contribution in [2.24, 2.45) is 7.05 Å². The van der Waals surface area contributed by atoms with E-state index >= 15 is 0 Å². The highest BCUT2D eigenvalue weighted by atomic mass is 35.5. The highest BCUT2D eigenvalue weighted by Gasteiger charge is 2.14. The number of hydrogen-bond donors (Lipinski definition) is 3. The minimum atomic E-state index is -2.17. The fraction of sp³-hybridized carbons (Fsp3) is 0.105. The maximum Gasteiger partial charge on any atom is 0.261 e. The van der Waals surface area contributed by atoms with Gasteiger partial charge in [-0.15, -0.1) is 0 Å². The number of rotatable bonds is 6. The van der Waals surface area contributed by atoms with Crippen LogP contribution in [0.3, 0.4) is 0 Å². The largest absolute Gasteiger partial charge is 0.337 e. The van der Waals surface area contributed by atoms with Gasteiger partial charge in [0.05, 0.1) is 34.9 Å². The van der Waals surface area contributed by atoms with Gasteiger partial charge in [0.25, 0.3) is 11.3 Å². The van der Waals surface area contributed by atoms with Gasteiger partial charge in [0, 0.05) is 19.8 Å². The van der Waals surface area contributed by atoms with Gasteiger partial charge in [0.15, 0.2) is 5.82 Å². The molecule has 3 N–H and O–H groups in total. The number of hydrogen-bond acceptors (Lipinski definition) is 6. The molecule has 0 bridgehead atoms. The first-order valence-electron chi connectivity index (χ1n) is 8.84. The second kappa shape index (κ2) is 8.27. The summed E-state index contributed by atoms with van der Waals surface area (Å²) in [5, 5.41) is 6.58. The highest BCUT2D eigenvalue weighted by molar-refractivity contribution is 7.80. The summed E-state index contributed by atoms with van der Waals surface area (Å²) in [5.74, 6) is 0.709. The normalized spacial score (nSPS) is 12.0. The van der Waals surface area contributed by atoms with Gasteiger partial charge >= 0.3 is 0 Å². The predicted octanol–water partition coefficient (Wildman–Crippen LogP) is 4.08. The van der Waals surface area contributed by atoms with Crippen molar-refractivity contribution in [3.8, 4) is 0 Å². The number of nitrogens with zero attached hydrogens (tertiary/aromatic N) is 5. The monoisotopic (exact) mass is 443 g/mol. The Morgan fingerprint density at radius 1 is 1.17 bits per heavy atom. The zero-order chi connectivity index (χ0) is 21.3. The number of fused-ring (bicyclic) bond motifs is 1. The van der Waals surface area contributed by atoms with E-state index in [1.807, 2.05) is 29.8 Å². The van der Waals surface area contributed by atoms with Crippen LogP contribution in [-0.4, -0.2) is 35.3 Å². The quantitative estimate of drug-likeness (QED) is 0.385. The van der Waals surface area contributed by atoms with Crippen LogP contribution in [0.4, 0.5) is 28.8 Å². The van der Waals surface area contributed by atoms with Gasteiger partial charge in [-0.25, -0.2) is 14.2 Å². The number of halogens is 1. The lowest BCUT2D eigenvalue weighted by molar-refractivity contribution is 0.562. The maximum atomic E-state index is 11.5. The average molecular weight is 444 g/mol. The fourth-order valence-electron chi connectivity index (χ4n) is 2.91. The van der Waals surface area contributed by atoms with Crippen molar-refractivity contribution in [3.63, 3.8) is 0 Å². The third kappa shape index (κ3) is 4.06. The summed E-state index contributed by atoms with van der Waals surface area (Å²) in [6.07, 6.45) is 3.24. The SMILES string of the molecule is CN(c1ccccc1Nc1nc(Nc2ccc3ncn(C)c3c2)ncc1Cl)S(=O)O. The first-order valence-corrected chi connectivity index (χ1v) is 10.3. The van der Waals surface area contributed by atoms with E-state index in [-0.39, 0.29) is 0 Å². The van der Waals surface area contributed by atoms with Crippen LogP contribution < -0.4 is 14.9 Å². The number of anilines is 5. The minimum absolute atomic E-state index is 0.310. The van der Waals surface area contributed by atoms with Crippen LogP contribution in [0.1, 0.15) is 0 Å². The van der Waals surface area contributed by atoms with E-state index in [1.165, 1.54) is 17.5 Å². The van der Waals surface area contributed by atoms with Crippen molar-refractivity contribution in [2.45, 2.75) is 0 Å². The molecule has 2 aromatic heterocycles. The van der Waals surface area contributed by atoms with E-state index in [2.05, 4.69) is 25.6 Å². The molecule has 4 aromatic rings. The minimum Gasteiger partial charge on any atom is -0.337 e. The second-order valence-corrected chi connectivity index (χ2v) is 7.86. The molecule has 11 heteroatoms. The van der Waals surface area contributed by atoms with Gasteiger partial charge in [0.2, 0.25) is 5.95 Å². The number of nitrogens with one attached hydrogen (secondary N) is 2. The predicted molar refractivity (Wildman–Crippen MR) is 120 cm³/mol. The molecule has 0 fully saturated rings. The molecule has 9 nitrogen and oxygen atoms in total. The van der Waals surface area contributed by atoms with Crippen molar-refractivity contribution in [2.75, 3.05) is 22.0 Å². The van der Waals surface area contributed by atoms with Gasteiger partial charge in [-0.05, 0) is 30.3 Å². The van der Waals surface area contributed by atoms with Crippen molar-refractivity contribution >= 4 is 62.7 Å². The first kappa shape index (κ1) is 20.1. The molecule has 1 unspecified atom stereocenters. The van der Waals surface area contributed by atoms with Gasteiger partial charge in [-0.1, -0.05) is 23.7 Å². The van der Waals surface area contributed by atoms with Crippen LogP contribution in [-0.2, 0) is 18.3 Å². The standard InChI is InChI=1S/C19H18ClN7O2S/c1-26-11-22-14-8-7-12(9-17(14)26)23-19-21-10-13(20)18(25-19)24-15-5-3-4-6-16(15)27(2)30(28)29/h3-11H,1-2H3,(H,28,29)(H2,21,23,24,25). The van der Waals surface area contributed by atoms with E-state index in [4.69, 9.17) is 11.6 Å². The van der Waals surface area contributed by atoms with Gasteiger partial charge in [-0.3, -0.25) is 8.86 Å². The zero-order valence-corrected chi connectivity index (χ0v) is 17.6. The first-order chi connectivity index (χ1) is 14.4. The molecule has 154 valence electrons. The van der Waals surface area contributed by atoms with Crippen molar-refractivity contribution in [1.82, 2.24) is 19.5 Å². The zero-order valence-electron chi connectivity index (χ0n) is 16.1. The third-order valence-corrected chi connectivity index (χ3v) is 5.40. The lowest BCUT2D eigenvalue weighted by atomic mass is 10.2. The molecule has 0 spiro atoms. The number of imidazole rings is 1. The molecule has 4 rings (SSSR count). The van der Waals surface area contributed by atoms with E-state index in [1.54, 1.807) is 30.6 Å². The molecule has 2 aromatic carbocycles. The van der Waals surface area contributed by atoms with Crippen LogP contribution in [0.2, 0.25) is 5.02 Å². The van der Waals surface area contributed by atoms with E-state index in [0.717, 1.165) is 16.7 Å². The number of para-hydroxylation sites is 2. The summed E-state index contributed by atoms with van der Waals surface area (Å²) in [6, 6.07) is 12.8. The van der Waals surface area contributed by atoms with Crippen LogP contribution >= 0.6 is 11.6 Å². The van der Waals surface area contributed by atoms with Gasteiger partial charge in [0.1, 0.15) is 5.02 Å². The Labute approximate surface area is 180 Å². The molecule has 0 radical (unpaired) electrons. The third-order valence-electron chi connectivity index (χ3n) is 4.46. The molecule has 1 atom stereocenters. The number of aromatic nitrogens is 4. The van der Waals surface area contributed by atoms with Crippen molar-refractivity contribution in [1.29, 1.82) is 0 Å².